The summed E-state index contributed by atoms with van der Waals surface area (Å²) < 4.78 is 1.61. The largest absolute Gasteiger partial charge is 0.382 e. The number of carbonyl (C=O) groups is 1. The molecule has 5 nitrogen and oxygen atoms in total. The monoisotopic (exact) mass is 180 g/mol. The number of nitrogens with two attached hydrogens (primary N) is 1. The number of nitrogens with zero attached hydrogens (tertiary/aromatic N) is 2. The molecule has 1 aliphatic rings. The molecule has 1 amide bonds. The van der Waals surface area contributed by atoms with E-state index in [9.17, 15) is 4.79 Å². The molecule has 0 spiro atoms. The van der Waals surface area contributed by atoms with Crippen LogP contribution in [0.3, 0.4) is 0 Å². The predicted octanol–water partition coefficient (Wildman–Crippen LogP) is 0.133. The van der Waals surface area contributed by atoms with Gasteiger partial charge in [-0.1, -0.05) is 6.92 Å². The van der Waals surface area contributed by atoms with Crippen molar-refractivity contribution in [2.45, 2.75) is 13.3 Å². The van der Waals surface area contributed by atoms with Crippen molar-refractivity contribution in [2.24, 2.45) is 13.0 Å². The number of hydrogen-bond acceptors (Lipinski definition) is 3. The highest BCUT2D eigenvalue weighted by Crippen LogP contribution is 2.28. The molecule has 13 heavy (non-hydrogen) atoms. The average Bonchev–Trinajstić information content (AvgIpc) is 2.31. The molecule has 2 rings (SSSR count). The van der Waals surface area contributed by atoms with Crippen LogP contribution in [0, 0.1) is 5.92 Å². The van der Waals surface area contributed by atoms with Crippen molar-refractivity contribution in [2.75, 3.05) is 11.1 Å². The molecule has 2 heterocycles. The molecule has 0 saturated heterocycles. The summed E-state index contributed by atoms with van der Waals surface area (Å²) in [6.07, 6.45) is 0.681. The van der Waals surface area contributed by atoms with Gasteiger partial charge in [0.25, 0.3) is 0 Å². The Balaban J connectivity index is 2.50. The van der Waals surface area contributed by atoms with Crippen molar-refractivity contribution in [3.8, 4) is 0 Å². The maximum atomic E-state index is 11.3. The summed E-state index contributed by atoms with van der Waals surface area (Å²) in [5.74, 6) is 1.28. The molecule has 1 aliphatic heterocycles. The molecular formula is C8H12N4O. The van der Waals surface area contributed by atoms with Crippen molar-refractivity contribution < 1.29 is 4.79 Å². The van der Waals surface area contributed by atoms with Gasteiger partial charge in [0.2, 0.25) is 5.91 Å². The van der Waals surface area contributed by atoms with E-state index in [1.54, 1.807) is 11.7 Å². The maximum Gasteiger partial charge on any atom is 0.228 e. The highest BCUT2D eigenvalue weighted by atomic mass is 16.2. The van der Waals surface area contributed by atoms with Crippen molar-refractivity contribution in [3.63, 3.8) is 0 Å². The summed E-state index contributed by atoms with van der Waals surface area (Å²) in [5, 5.41) is 6.82. The van der Waals surface area contributed by atoms with Crippen molar-refractivity contribution >= 4 is 17.5 Å². The molecule has 0 fully saturated rings. The summed E-state index contributed by atoms with van der Waals surface area (Å²) in [5.41, 5.74) is 6.64. The highest BCUT2D eigenvalue weighted by molar-refractivity contribution is 5.95. The fourth-order valence-corrected chi connectivity index (χ4v) is 1.58. The van der Waals surface area contributed by atoms with Crippen molar-refractivity contribution in [1.82, 2.24) is 9.78 Å². The fourth-order valence-electron chi connectivity index (χ4n) is 1.58. The van der Waals surface area contributed by atoms with Crippen LogP contribution >= 0.6 is 0 Å². The molecule has 1 aromatic heterocycles. The first-order chi connectivity index (χ1) is 6.09. The van der Waals surface area contributed by atoms with Crippen molar-refractivity contribution in [3.05, 3.63) is 5.56 Å². The van der Waals surface area contributed by atoms with E-state index in [2.05, 4.69) is 10.4 Å². The predicted molar refractivity (Wildman–Crippen MR) is 49.1 cm³/mol. The Labute approximate surface area is 75.9 Å². The number of anilines is 2. The zero-order valence-electron chi connectivity index (χ0n) is 7.66. The number of nitrogen functional groups attached to an aromatic ring is 1. The Bertz CT molecular complexity index is 368. The van der Waals surface area contributed by atoms with E-state index < -0.39 is 0 Å². The van der Waals surface area contributed by atoms with E-state index in [1.165, 1.54) is 0 Å². The second kappa shape index (κ2) is 2.48. The van der Waals surface area contributed by atoms with E-state index in [4.69, 9.17) is 5.73 Å². The first-order valence-corrected chi connectivity index (χ1v) is 4.22. The Kier molecular flexibility index (Phi) is 1.55. The van der Waals surface area contributed by atoms with Gasteiger partial charge in [0, 0.05) is 18.5 Å². The van der Waals surface area contributed by atoms with Crippen LogP contribution < -0.4 is 11.1 Å². The van der Waals surface area contributed by atoms with Crippen LogP contribution in [-0.2, 0) is 18.3 Å². The molecule has 0 aromatic carbocycles. The summed E-state index contributed by atoms with van der Waals surface area (Å²) in [6.45, 7) is 1.88. The minimum Gasteiger partial charge on any atom is -0.382 e. The van der Waals surface area contributed by atoms with Crippen LogP contribution in [0.5, 0.6) is 0 Å². The quantitative estimate of drug-likeness (QED) is 0.596. The number of rotatable bonds is 0. The minimum absolute atomic E-state index is 0.0148. The SMILES string of the molecule is C[C@H]1Cc2c(N)nn(C)c2NC1=O. The van der Waals surface area contributed by atoms with Crippen LogP contribution in [0.1, 0.15) is 12.5 Å². The topological polar surface area (TPSA) is 72.9 Å². The molecule has 0 aliphatic carbocycles. The van der Waals surface area contributed by atoms with Gasteiger partial charge in [-0.25, -0.2) is 0 Å². The van der Waals surface area contributed by atoms with Crippen LogP contribution in [0.2, 0.25) is 0 Å². The van der Waals surface area contributed by atoms with E-state index >= 15 is 0 Å². The van der Waals surface area contributed by atoms with Gasteiger partial charge in [-0.3, -0.25) is 9.48 Å². The summed E-state index contributed by atoms with van der Waals surface area (Å²) in [4.78, 5) is 11.3. The number of aryl methyl sites for hydroxylation is 1. The Morgan fingerprint density at radius 2 is 2.38 bits per heavy atom. The lowest BCUT2D eigenvalue weighted by Crippen LogP contribution is -2.28. The van der Waals surface area contributed by atoms with E-state index in [1.807, 2.05) is 6.92 Å². The lowest BCUT2D eigenvalue weighted by molar-refractivity contribution is -0.119. The molecule has 5 heteroatoms. The molecule has 0 saturated carbocycles. The zero-order valence-corrected chi connectivity index (χ0v) is 7.66. The Hall–Kier alpha value is -1.52. The average molecular weight is 180 g/mol. The molecular weight excluding hydrogens is 168 g/mol. The lowest BCUT2D eigenvalue weighted by Gasteiger charge is -2.18. The first-order valence-electron chi connectivity index (χ1n) is 4.22. The number of hydrogen-bond donors (Lipinski definition) is 2. The summed E-state index contributed by atoms with van der Waals surface area (Å²) in [6, 6.07) is 0. The number of aromatic nitrogens is 2. The molecule has 70 valence electrons. The molecule has 0 radical (unpaired) electrons. The van der Waals surface area contributed by atoms with Gasteiger partial charge in [0.05, 0.1) is 0 Å². The van der Waals surface area contributed by atoms with Crippen LogP contribution in [0.4, 0.5) is 11.6 Å². The fraction of sp³-hybridized carbons (Fsp3) is 0.500. The zero-order chi connectivity index (χ0) is 9.59. The van der Waals surface area contributed by atoms with Gasteiger partial charge in [0.1, 0.15) is 5.82 Å². The van der Waals surface area contributed by atoms with Crippen molar-refractivity contribution in [1.29, 1.82) is 0 Å². The van der Waals surface area contributed by atoms with E-state index in [0.29, 0.717) is 12.2 Å². The van der Waals surface area contributed by atoms with E-state index in [0.717, 1.165) is 11.4 Å². The number of fused-ring (bicyclic) bond motifs is 1. The molecule has 0 bridgehead atoms. The summed E-state index contributed by atoms with van der Waals surface area (Å²) in [7, 11) is 1.77. The summed E-state index contributed by atoms with van der Waals surface area (Å²) >= 11 is 0. The molecule has 3 N–H and O–H groups in total. The van der Waals surface area contributed by atoms with Gasteiger partial charge in [0.15, 0.2) is 5.82 Å². The number of amides is 1. The normalized spacial score (nSPS) is 21.1. The third kappa shape index (κ3) is 1.07. The lowest BCUT2D eigenvalue weighted by atomic mass is 9.98. The highest BCUT2D eigenvalue weighted by Gasteiger charge is 2.27. The third-order valence-electron chi connectivity index (χ3n) is 2.38. The molecule has 1 atom stereocenters. The van der Waals surface area contributed by atoms with E-state index in [-0.39, 0.29) is 11.8 Å². The van der Waals surface area contributed by atoms with Gasteiger partial charge >= 0.3 is 0 Å². The molecule has 0 unspecified atom stereocenters. The van der Waals surface area contributed by atoms with Gasteiger partial charge in [-0.15, -0.1) is 0 Å². The smallest absolute Gasteiger partial charge is 0.228 e. The van der Waals surface area contributed by atoms with Gasteiger partial charge in [-0.05, 0) is 6.42 Å². The third-order valence-corrected chi connectivity index (χ3v) is 2.38. The number of nitrogens with one attached hydrogen (secondary N) is 1. The molecule has 1 aromatic rings. The van der Waals surface area contributed by atoms with Gasteiger partial charge < -0.3 is 11.1 Å². The second-order valence-electron chi connectivity index (χ2n) is 3.43. The minimum atomic E-state index is -0.0148. The Morgan fingerprint density at radius 3 is 3.08 bits per heavy atom. The second-order valence-corrected chi connectivity index (χ2v) is 3.43. The van der Waals surface area contributed by atoms with Gasteiger partial charge in [-0.2, -0.15) is 5.10 Å². The number of carbonyl (C=O) groups excluding carboxylic acids is 1. The standard InChI is InChI=1S/C8H12N4O/c1-4-3-5-6(9)11-12(2)7(5)10-8(4)13/h4H,3H2,1-2H3,(H2,9,11)(H,10,13)/t4-/m0/s1. The maximum absolute atomic E-state index is 11.3. The van der Waals surface area contributed by atoms with Crippen LogP contribution in [0.25, 0.3) is 0 Å². The van der Waals surface area contributed by atoms with Crippen LogP contribution in [-0.4, -0.2) is 15.7 Å². The van der Waals surface area contributed by atoms with Crippen LogP contribution in [0.15, 0.2) is 0 Å². The first kappa shape index (κ1) is 8.10. The Morgan fingerprint density at radius 1 is 1.69 bits per heavy atom.